The van der Waals surface area contributed by atoms with E-state index in [-0.39, 0.29) is 0 Å². The molecule has 1 aliphatic carbocycles. The van der Waals surface area contributed by atoms with Gasteiger partial charge in [0.25, 0.3) is 0 Å². The molecule has 2 aromatic carbocycles. The molecule has 0 aliphatic heterocycles. The molecule has 0 radical (unpaired) electrons. The van der Waals surface area contributed by atoms with Crippen LogP contribution < -0.4 is 0 Å². The summed E-state index contributed by atoms with van der Waals surface area (Å²) in [5.41, 5.74) is 3.57. The van der Waals surface area contributed by atoms with Crippen molar-refractivity contribution >= 4 is 5.71 Å². The van der Waals surface area contributed by atoms with Crippen molar-refractivity contribution in [2.75, 3.05) is 0 Å². The van der Waals surface area contributed by atoms with Gasteiger partial charge < -0.3 is 4.84 Å². The van der Waals surface area contributed by atoms with Gasteiger partial charge in [-0.1, -0.05) is 150 Å². The van der Waals surface area contributed by atoms with Crippen molar-refractivity contribution in [3.63, 3.8) is 0 Å². The maximum Gasteiger partial charge on any atom is 0.142 e. The third kappa shape index (κ3) is 10.5. The first kappa shape index (κ1) is 26.5. The topological polar surface area (TPSA) is 21.6 Å². The Labute approximate surface area is 209 Å². The average Bonchev–Trinajstić information content (AvgIpc) is 3.72. The molecule has 186 valence electrons. The van der Waals surface area contributed by atoms with Crippen molar-refractivity contribution in [3.8, 4) is 0 Å². The molecular formula is C32H47NO. The molecule has 1 unspecified atom stereocenters. The SMILES string of the molecule is CCCCCCCCCCCCCCC(/C(=N/OCc1ccccc1)c1ccccc1)C1CC1. The molecule has 0 bridgehead atoms. The highest BCUT2D eigenvalue weighted by molar-refractivity contribution is 6.02. The van der Waals surface area contributed by atoms with E-state index in [1.54, 1.807) is 0 Å². The Kier molecular flexibility index (Phi) is 12.9. The van der Waals surface area contributed by atoms with Crippen molar-refractivity contribution in [2.24, 2.45) is 17.0 Å². The van der Waals surface area contributed by atoms with Gasteiger partial charge in [0.1, 0.15) is 6.61 Å². The summed E-state index contributed by atoms with van der Waals surface area (Å²) in [4.78, 5) is 5.90. The molecule has 0 aromatic heterocycles. The van der Waals surface area contributed by atoms with Crippen LogP contribution in [-0.2, 0) is 11.4 Å². The molecule has 0 saturated heterocycles. The smallest absolute Gasteiger partial charge is 0.142 e. The number of rotatable bonds is 19. The Morgan fingerprint density at radius 2 is 1.26 bits per heavy atom. The zero-order valence-electron chi connectivity index (χ0n) is 21.6. The molecule has 0 amide bonds. The van der Waals surface area contributed by atoms with Crippen LogP contribution in [0.15, 0.2) is 65.8 Å². The van der Waals surface area contributed by atoms with Crippen LogP contribution in [0.5, 0.6) is 0 Å². The number of hydrogen-bond acceptors (Lipinski definition) is 2. The van der Waals surface area contributed by atoms with Crippen LogP contribution >= 0.6 is 0 Å². The maximum absolute atomic E-state index is 5.90. The van der Waals surface area contributed by atoms with Gasteiger partial charge >= 0.3 is 0 Å². The quantitative estimate of drug-likeness (QED) is 0.116. The van der Waals surface area contributed by atoms with Crippen molar-refractivity contribution in [3.05, 3.63) is 71.8 Å². The fourth-order valence-electron chi connectivity index (χ4n) is 4.99. The van der Waals surface area contributed by atoms with E-state index in [0.717, 1.165) is 5.92 Å². The second-order valence-electron chi connectivity index (χ2n) is 10.2. The van der Waals surface area contributed by atoms with E-state index in [2.05, 4.69) is 61.5 Å². The Morgan fingerprint density at radius 1 is 0.735 bits per heavy atom. The van der Waals surface area contributed by atoms with Gasteiger partial charge in [0.15, 0.2) is 0 Å². The Balaban J connectivity index is 1.41. The average molecular weight is 462 g/mol. The van der Waals surface area contributed by atoms with Crippen molar-refractivity contribution in [1.29, 1.82) is 0 Å². The summed E-state index contributed by atoms with van der Waals surface area (Å²) < 4.78 is 0. The summed E-state index contributed by atoms with van der Waals surface area (Å²) in [6.45, 7) is 2.83. The van der Waals surface area contributed by atoms with Gasteiger partial charge in [-0.2, -0.15) is 0 Å². The lowest BCUT2D eigenvalue weighted by molar-refractivity contribution is 0.128. The normalized spacial score (nSPS) is 14.8. The standard InChI is InChI=1S/C32H47NO/c1-2-3-4-5-6-7-8-9-10-11-12-19-24-31(29-25-26-29)32(30-22-17-14-18-23-30)33-34-27-28-20-15-13-16-21-28/h13-18,20-23,29,31H,2-12,19,24-27H2,1H3/b33-32+. The highest BCUT2D eigenvalue weighted by Gasteiger charge is 2.35. The number of oxime groups is 1. The lowest BCUT2D eigenvalue weighted by Gasteiger charge is -2.19. The Bertz CT molecular complexity index is 781. The van der Waals surface area contributed by atoms with Crippen molar-refractivity contribution in [2.45, 2.75) is 110 Å². The lowest BCUT2D eigenvalue weighted by atomic mass is 9.87. The fourth-order valence-corrected chi connectivity index (χ4v) is 4.99. The summed E-state index contributed by atoms with van der Waals surface area (Å²) in [6, 6.07) is 21.1. The van der Waals surface area contributed by atoms with Crippen LogP contribution in [0.2, 0.25) is 0 Å². The predicted molar refractivity (Wildman–Crippen MR) is 146 cm³/mol. The summed E-state index contributed by atoms with van der Waals surface area (Å²) in [7, 11) is 0. The second kappa shape index (κ2) is 16.5. The van der Waals surface area contributed by atoms with Gasteiger partial charge in [0.2, 0.25) is 0 Å². The van der Waals surface area contributed by atoms with Gasteiger partial charge in [-0.05, 0) is 36.3 Å². The van der Waals surface area contributed by atoms with E-state index >= 15 is 0 Å². The largest absolute Gasteiger partial charge is 0.391 e. The van der Waals surface area contributed by atoms with E-state index in [1.165, 1.54) is 113 Å². The van der Waals surface area contributed by atoms with Crippen molar-refractivity contribution < 1.29 is 4.84 Å². The molecule has 1 atom stereocenters. The summed E-state index contributed by atoms with van der Waals surface area (Å²) in [6.07, 6.45) is 20.7. The number of unbranched alkanes of at least 4 members (excludes halogenated alkanes) is 11. The van der Waals surface area contributed by atoms with E-state index < -0.39 is 0 Å². The molecule has 2 heteroatoms. The molecule has 0 N–H and O–H groups in total. The summed E-state index contributed by atoms with van der Waals surface area (Å²) in [5.74, 6) is 1.31. The molecule has 34 heavy (non-hydrogen) atoms. The Morgan fingerprint density at radius 3 is 1.82 bits per heavy atom. The molecule has 1 fully saturated rings. The fraction of sp³-hybridized carbons (Fsp3) is 0.594. The number of benzene rings is 2. The van der Waals surface area contributed by atoms with E-state index in [1.807, 2.05) is 6.07 Å². The van der Waals surface area contributed by atoms with Crippen molar-refractivity contribution in [1.82, 2.24) is 0 Å². The minimum Gasteiger partial charge on any atom is -0.391 e. The van der Waals surface area contributed by atoms with E-state index in [0.29, 0.717) is 12.5 Å². The van der Waals surface area contributed by atoms with Gasteiger partial charge in [-0.25, -0.2) is 0 Å². The predicted octanol–water partition coefficient (Wildman–Crippen LogP) is 9.72. The first-order valence-corrected chi connectivity index (χ1v) is 14.2. The van der Waals surface area contributed by atoms with Gasteiger partial charge in [0.05, 0.1) is 5.71 Å². The van der Waals surface area contributed by atoms with Gasteiger partial charge in [0, 0.05) is 5.92 Å². The van der Waals surface area contributed by atoms with E-state index in [9.17, 15) is 0 Å². The molecular weight excluding hydrogens is 414 g/mol. The molecule has 0 spiro atoms. The highest BCUT2D eigenvalue weighted by atomic mass is 16.6. The molecule has 3 rings (SSSR count). The van der Waals surface area contributed by atoms with Crippen LogP contribution in [0.4, 0.5) is 0 Å². The van der Waals surface area contributed by atoms with Crippen LogP contribution in [0.3, 0.4) is 0 Å². The molecule has 2 nitrogen and oxygen atoms in total. The third-order valence-corrected chi connectivity index (χ3v) is 7.22. The van der Waals surface area contributed by atoms with Gasteiger partial charge in [-0.3, -0.25) is 0 Å². The second-order valence-corrected chi connectivity index (χ2v) is 10.2. The first-order chi connectivity index (χ1) is 16.9. The lowest BCUT2D eigenvalue weighted by Crippen LogP contribution is -2.19. The van der Waals surface area contributed by atoms with E-state index in [4.69, 9.17) is 9.99 Å². The monoisotopic (exact) mass is 461 g/mol. The summed E-state index contributed by atoms with van der Waals surface area (Å²) in [5, 5.41) is 4.74. The molecule has 2 aromatic rings. The van der Waals surface area contributed by atoms with Crippen LogP contribution in [0.25, 0.3) is 0 Å². The number of hydrogen-bond donors (Lipinski definition) is 0. The van der Waals surface area contributed by atoms with Crippen LogP contribution in [0.1, 0.15) is 114 Å². The highest BCUT2D eigenvalue weighted by Crippen LogP contribution is 2.41. The Hall–Kier alpha value is -2.09. The maximum atomic E-state index is 5.90. The number of nitrogens with zero attached hydrogens (tertiary/aromatic N) is 1. The minimum absolute atomic E-state index is 0.529. The van der Waals surface area contributed by atoms with Crippen LogP contribution in [0, 0.1) is 11.8 Å². The zero-order valence-corrected chi connectivity index (χ0v) is 21.6. The zero-order chi connectivity index (χ0) is 23.7. The minimum atomic E-state index is 0.529. The molecule has 0 heterocycles. The third-order valence-electron chi connectivity index (χ3n) is 7.22. The molecule has 1 saturated carbocycles. The van der Waals surface area contributed by atoms with Gasteiger partial charge in [-0.15, -0.1) is 0 Å². The summed E-state index contributed by atoms with van der Waals surface area (Å²) >= 11 is 0. The molecule has 1 aliphatic rings. The van der Waals surface area contributed by atoms with Crippen LogP contribution in [-0.4, -0.2) is 5.71 Å². The first-order valence-electron chi connectivity index (χ1n) is 14.2.